The van der Waals surface area contributed by atoms with Gasteiger partial charge in [-0.1, -0.05) is 56.3 Å². The molecule has 0 bridgehead atoms. The summed E-state index contributed by atoms with van der Waals surface area (Å²) in [5, 5.41) is 4.00. The number of hydrogen-bond acceptors (Lipinski definition) is 5. The van der Waals surface area contributed by atoms with Gasteiger partial charge in [0.2, 0.25) is 11.8 Å². The third-order valence-corrected chi connectivity index (χ3v) is 4.64. The highest BCUT2D eigenvalue weighted by molar-refractivity contribution is 5.85. The lowest BCUT2D eigenvalue weighted by Gasteiger charge is -2.16. The first-order chi connectivity index (χ1) is 11.8. The van der Waals surface area contributed by atoms with Crippen LogP contribution in [0.15, 0.2) is 34.9 Å². The lowest BCUT2D eigenvalue weighted by Crippen LogP contribution is -2.32. The van der Waals surface area contributed by atoms with Crippen LogP contribution in [0.4, 0.5) is 0 Å². The molecular formula is C19H27ClN4O2. The zero-order valence-corrected chi connectivity index (χ0v) is 16.3. The van der Waals surface area contributed by atoms with Crippen LogP contribution in [0.3, 0.4) is 0 Å². The largest absolute Gasteiger partial charge is 0.340 e. The number of carbonyl (C=O) groups excluding carboxylic acids is 1. The molecule has 0 radical (unpaired) electrons. The first kappa shape index (κ1) is 20.4. The quantitative estimate of drug-likeness (QED) is 0.883. The normalized spacial score (nSPS) is 20.1. The van der Waals surface area contributed by atoms with E-state index in [1.165, 1.54) is 5.56 Å². The van der Waals surface area contributed by atoms with Gasteiger partial charge in [0.1, 0.15) is 0 Å². The number of hydrogen-bond donors (Lipinski definition) is 1. The smallest absolute Gasteiger partial charge is 0.227 e. The van der Waals surface area contributed by atoms with E-state index < -0.39 is 0 Å². The summed E-state index contributed by atoms with van der Waals surface area (Å²) in [6.45, 7) is 7.35. The van der Waals surface area contributed by atoms with Gasteiger partial charge in [-0.3, -0.25) is 4.79 Å². The fourth-order valence-electron chi connectivity index (χ4n) is 3.12. The van der Waals surface area contributed by atoms with Crippen molar-refractivity contribution in [1.29, 1.82) is 0 Å². The molecule has 1 amide bonds. The van der Waals surface area contributed by atoms with Gasteiger partial charge >= 0.3 is 0 Å². The lowest BCUT2D eigenvalue weighted by atomic mass is 9.95. The van der Waals surface area contributed by atoms with Crippen LogP contribution in [-0.4, -0.2) is 40.1 Å². The van der Waals surface area contributed by atoms with Gasteiger partial charge in [0.15, 0.2) is 5.82 Å². The molecule has 1 saturated heterocycles. The Labute approximate surface area is 160 Å². The second-order valence-corrected chi connectivity index (χ2v) is 7.74. The van der Waals surface area contributed by atoms with E-state index in [1.807, 2.05) is 43.9 Å². The van der Waals surface area contributed by atoms with E-state index in [9.17, 15) is 4.79 Å². The maximum Gasteiger partial charge on any atom is 0.227 e. The van der Waals surface area contributed by atoms with Crippen molar-refractivity contribution in [2.45, 2.75) is 51.0 Å². The fraction of sp³-hybridized carbons (Fsp3) is 0.526. The number of halogens is 1. The predicted octanol–water partition coefficient (Wildman–Crippen LogP) is 2.67. The number of rotatable bonds is 4. The molecule has 3 rings (SSSR count). The molecule has 0 spiro atoms. The van der Waals surface area contributed by atoms with Gasteiger partial charge in [0, 0.05) is 43.3 Å². The van der Waals surface area contributed by atoms with E-state index in [1.54, 1.807) is 0 Å². The second kappa shape index (κ2) is 8.18. The number of amides is 1. The second-order valence-electron chi connectivity index (χ2n) is 7.74. The Morgan fingerprint density at radius 3 is 2.58 bits per heavy atom. The Morgan fingerprint density at radius 2 is 1.96 bits per heavy atom. The standard InChI is InChI=1S/C19H26N4O2.ClH/c1-19(2,3)18-21-16(25-22-18)9-10-17(24)23-11-14(15(20)12-23)13-7-5-4-6-8-13;/h4-8,14-15H,9-12,20H2,1-3H3;1H/t14-,15+;/m0./s1. The van der Waals surface area contributed by atoms with Crippen molar-refractivity contribution in [3.8, 4) is 0 Å². The Bertz CT molecular complexity index is 727. The molecule has 0 aliphatic carbocycles. The molecular weight excluding hydrogens is 352 g/mol. The molecule has 2 atom stereocenters. The summed E-state index contributed by atoms with van der Waals surface area (Å²) < 4.78 is 5.26. The minimum Gasteiger partial charge on any atom is -0.340 e. The number of aromatic nitrogens is 2. The molecule has 0 saturated carbocycles. The topological polar surface area (TPSA) is 85.2 Å². The summed E-state index contributed by atoms with van der Waals surface area (Å²) in [5.41, 5.74) is 7.30. The summed E-state index contributed by atoms with van der Waals surface area (Å²) in [5.74, 6) is 1.47. The molecule has 2 N–H and O–H groups in total. The molecule has 1 aliphatic heterocycles. The zero-order chi connectivity index (χ0) is 18.0. The Morgan fingerprint density at radius 1 is 1.27 bits per heavy atom. The number of likely N-dealkylation sites (tertiary alicyclic amines) is 1. The van der Waals surface area contributed by atoms with Gasteiger partial charge in [-0.2, -0.15) is 4.98 Å². The van der Waals surface area contributed by atoms with Crippen molar-refractivity contribution < 1.29 is 9.32 Å². The molecule has 7 heteroatoms. The SMILES string of the molecule is CC(C)(C)c1noc(CCC(=O)N2C[C@@H](N)[C@H](c3ccccc3)C2)n1.Cl. The average Bonchev–Trinajstić information content (AvgIpc) is 3.20. The number of carbonyl (C=O) groups is 1. The summed E-state index contributed by atoms with van der Waals surface area (Å²) >= 11 is 0. The van der Waals surface area contributed by atoms with Gasteiger partial charge in [0.05, 0.1) is 0 Å². The van der Waals surface area contributed by atoms with Crippen molar-refractivity contribution >= 4 is 18.3 Å². The van der Waals surface area contributed by atoms with Crippen molar-refractivity contribution in [2.75, 3.05) is 13.1 Å². The van der Waals surface area contributed by atoms with E-state index >= 15 is 0 Å². The number of benzene rings is 1. The van der Waals surface area contributed by atoms with Crippen molar-refractivity contribution in [3.05, 3.63) is 47.6 Å². The van der Waals surface area contributed by atoms with Crippen LogP contribution in [0.1, 0.15) is 50.4 Å². The lowest BCUT2D eigenvalue weighted by molar-refractivity contribution is -0.130. The number of nitrogens with two attached hydrogens (primary N) is 1. The van der Waals surface area contributed by atoms with E-state index in [4.69, 9.17) is 10.3 Å². The van der Waals surface area contributed by atoms with Crippen molar-refractivity contribution in [3.63, 3.8) is 0 Å². The van der Waals surface area contributed by atoms with Crippen LogP contribution in [0.25, 0.3) is 0 Å². The van der Waals surface area contributed by atoms with Gasteiger partial charge in [-0.25, -0.2) is 0 Å². The van der Waals surface area contributed by atoms with E-state index in [0.717, 1.165) is 0 Å². The Kier molecular flexibility index (Phi) is 6.42. The van der Waals surface area contributed by atoms with Crippen LogP contribution in [-0.2, 0) is 16.6 Å². The van der Waals surface area contributed by atoms with Crippen LogP contribution in [0.2, 0.25) is 0 Å². The molecule has 1 fully saturated rings. The molecule has 6 nitrogen and oxygen atoms in total. The molecule has 1 aliphatic rings. The van der Waals surface area contributed by atoms with E-state index in [-0.39, 0.29) is 35.7 Å². The molecule has 142 valence electrons. The van der Waals surface area contributed by atoms with Gasteiger partial charge < -0.3 is 15.2 Å². The average molecular weight is 379 g/mol. The van der Waals surface area contributed by atoms with Crippen molar-refractivity contribution in [2.24, 2.45) is 5.73 Å². The summed E-state index contributed by atoms with van der Waals surface area (Å²) in [4.78, 5) is 18.8. The summed E-state index contributed by atoms with van der Waals surface area (Å²) in [7, 11) is 0. The Balaban J connectivity index is 0.00000243. The van der Waals surface area contributed by atoms with Gasteiger partial charge in [0.25, 0.3) is 0 Å². The summed E-state index contributed by atoms with van der Waals surface area (Å²) in [6.07, 6.45) is 0.823. The number of nitrogens with zero attached hydrogens (tertiary/aromatic N) is 3. The van der Waals surface area contributed by atoms with E-state index in [2.05, 4.69) is 22.3 Å². The van der Waals surface area contributed by atoms with E-state index in [0.29, 0.717) is 37.6 Å². The van der Waals surface area contributed by atoms with Crippen LogP contribution >= 0.6 is 12.4 Å². The number of aryl methyl sites for hydroxylation is 1. The highest BCUT2D eigenvalue weighted by Gasteiger charge is 2.33. The third kappa shape index (κ3) is 4.62. The molecule has 1 aromatic carbocycles. The minimum absolute atomic E-state index is 0. The van der Waals surface area contributed by atoms with Crippen LogP contribution in [0.5, 0.6) is 0 Å². The highest BCUT2D eigenvalue weighted by Crippen LogP contribution is 2.27. The Hall–Kier alpha value is -1.92. The third-order valence-electron chi connectivity index (χ3n) is 4.64. The van der Waals surface area contributed by atoms with Crippen molar-refractivity contribution in [1.82, 2.24) is 15.0 Å². The minimum atomic E-state index is -0.156. The van der Waals surface area contributed by atoms with Gasteiger partial charge in [-0.05, 0) is 5.56 Å². The maximum absolute atomic E-state index is 12.5. The summed E-state index contributed by atoms with van der Waals surface area (Å²) in [6, 6.07) is 10.1. The molecule has 1 aromatic heterocycles. The van der Waals surface area contributed by atoms with Crippen LogP contribution < -0.4 is 5.73 Å². The monoisotopic (exact) mass is 378 g/mol. The van der Waals surface area contributed by atoms with Crippen LogP contribution in [0, 0.1) is 0 Å². The molecule has 0 unspecified atom stereocenters. The first-order valence-electron chi connectivity index (χ1n) is 8.76. The zero-order valence-electron chi connectivity index (χ0n) is 15.5. The highest BCUT2D eigenvalue weighted by atomic mass is 35.5. The van der Waals surface area contributed by atoms with Gasteiger partial charge in [-0.15, -0.1) is 12.4 Å². The first-order valence-corrected chi connectivity index (χ1v) is 8.76. The fourth-order valence-corrected chi connectivity index (χ4v) is 3.12. The molecule has 26 heavy (non-hydrogen) atoms. The molecule has 2 heterocycles. The molecule has 2 aromatic rings. The predicted molar refractivity (Wildman–Crippen MR) is 102 cm³/mol. The maximum atomic E-state index is 12.5.